The molecule has 1 aromatic heterocycles. The second kappa shape index (κ2) is 9.22. The minimum atomic E-state index is -0.381. The number of anilines is 1. The number of carbonyl (C=O) groups excluding carboxylic acids is 1. The highest BCUT2D eigenvalue weighted by atomic mass is 19.1. The monoisotopic (exact) mass is 420 g/mol. The molecule has 1 aliphatic rings. The van der Waals surface area contributed by atoms with Crippen molar-refractivity contribution in [2.75, 3.05) is 31.6 Å². The van der Waals surface area contributed by atoms with E-state index < -0.39 is 0 Å². The van der Waals surface area contributed by atoms with E-state index in [4.69, 9.17) is 4.74 Å². The van der Waals surface area contributed by atoms with Crippen molar-refractivity contribution < 1.29 is 13.9 Å². The van der Waals surface area contributed by atoms with E-state index >= 15 is 0 Å². The van der Waals surface area contributed by atoms with E-state index in [1.54, 1.807) is 12.4 Å². The standard InChI is InChI=1S/C24H25FN4O2/c1-16-23(17(2)27-15-26-16)21-14-20(28-24(30)18-4-6-19(25)7-5-18)8-9-22(21)31-13-12-29-10-3-11-29/h4-9,14-15H,3,10-13H2,1-2H3,(H,28,30). The molecule has 4 rings (SSSR count). The lowest BCUT2D eigenvalue weighted by molar-refractivity contribution is 0.102. The fraction of sp³-hybridized carbons (Fsp3) is 0.292. The summed E-state index contributed by atoms with van der Waals surface area (Å²) >= 11 is 0. The highest BCUT2D eigenvalue weighted by Gasteiger charge is 2.17. The first kappa shape index (κ1) is 20.9. The van der Waals surface area contributed by atoms with Crippen LogP contribution in [-0.4, -0.2) is 47.0 Å². The van der Waals surface area contributed by atoms with Gasteiger partial charge in [-0.3, -0.25) is 9.69 Å². The molecule has 0 spiro atoms. The van der Waals surface area contributed by atoms with Gasteiger partial charge in [0.2, 0.25) is 0 Å². The van der Waals surface area contributed by atoms with E-state index in [9.17, 15) is 9.18 Å². The number of nitrogens with one attached hydrogen (secondary N) is 1. The third kappa shape index (κ3) is 4.88. The second-order valence-electron chi connectivity index (χ2n) is 7.64. The average Bonchev–Trinajstić information content (AvgIpc) is 2.71. The molecule has 0 atom stereocenters. The third-order valence-electron chi connectivity index (χ3n) is 5.45. The van der Waals surface area contributed by atoms with Crippen molar-refractivity contribution >= 4 is 11.6 Å². The van der Waals surface area contributed by atoms with Gasteiger partial charge in [-0.15, -0.1) is 0 Å². The van der Waals surface area contributed by atoms with Crippen LogP contribution in [0, 0.1) is 19.7 Å². The molecule has 0 aliphatic carbocycles. The molecule has 0 unspecified atom stereocenters. The topological polar surface area (TPSA) is 67.3 Å². The second-order valence-corrected chi connectivity index (χ2v) is 7.64. The number of hydrogen-bond donors (Lipinski definition) is 1. The molecule has 0 saturated carbocycles. The Bertz CT molecular complexity index is 1060. The summed E-state index contributed by atoms with van der Waals surface area (Å²) in [6, 6.07) is 11.0. The van der Waals surface area contributed by atoms with Crippen LogP contribution in [0.2, 0.25) is 0 Å². The minimum Gasteiger partial charge on any atom is -0.492 e. The fourth-order valence-corrected chi connectivity index (χ4v) is 3.61. The maximum Gasteiger partial charge on any atom is 0.255 e. The zero-order valence-corrected chi connectivity index (χ0v) is 17.7. The van der Waals surface area contributed by atoms with Crippen LogP contribution in [0.5, 0.6) is 5.75 Å². The maximum absolute atomic E-state index is 13.2. The van der Waals surface area contributed by atoms with Crippen molar-refractivity contribution in [3.8, 4) is 16.9 Å². The third-order valence-corrected chi connectivity index (χ3v) is 5.45. The molecule has 2 aromatic carbocycles. The van der Waals surface area contributed by atoms with Gasteiger partial charge in [0.1, 0.15) is 24.5 Å². The van der Waals surface area contributed by atoms with Gasteiger partial charge < -0.3 is 10.1 Å². The first-order valence-corrected chi connectivity index (χ1v) is 10.4. The summed E-state index contributed by atoms with van der Waals surface area (Å²) in [6.07, 6.45) is 2.78. The van der Waals surface area contributed by atoms with Crippen LogP contribution in [0.25, 0.3) is 11.1 Å². The predicted molar refractivity (Wildman–Crippen MR) is 118 cm³/mol. The van der Waals surface area contributed by atoms with Crippen molar-refractivity contribution in [3.63, 3.8) is 0 Å². The SMILES string of the molecule is Cc1ncnc(C)c1-c1cc(NC(=O)c2ccc(F)cc2)ccc1OCCN1CCC1. The van der Waals surface area contributed by atoms with E-state index in [-0.39, 0.29) is 11.7 Å². The van der Waals surface area contributed by atoms with Gasteiger partial charge in [-0.05, 0) is 75.8 Å². The molecule has 6 nitrogen and oxygen atoms in total. The number of rotatable bonds is 7. The molecule has 0 bridgehead atoms. The molecular formula is C24H25FN4O2. The van der Waals surface area contributed by atoms with Crippen molar-refractivity contribution in [2.45, 2.75) is 20.3 Å². The lowest BCUT2D eigenvalue weighted by Gasteiger charge is -2.30. The lowest BCUT2D eigenvalue weighted by atomic mass is 10.0. The Kier molecular flexibility index (Phi) is 6.23. The molecule has 31 heavy (non-hydrogen) atoms. The maximum atomic E-state index is 13.2. The van der Waals surface area contributed by atoms with Gasteiger partial charge in [0.25, 0.3) is 5.91 Å². The summed E-state index contributed by atoms with van der Waals surface area (Å²) in [5.74, 6) is 0.0325. The number of carbonyl (C=O) groups is 1. The van der Waals surface area contributed by atoms with Gasteiger partial charge in [-0.2, -0.15) is 0 Å². The fourth-order valence-electron chi connectivity index (χ4n) is 3.61. The van der Waals surface area contributed by atoms with Crippen LogP contribution in [0.3, 0.4) is 0 Å². The Balaban J connectivity index is 1.61. The number of halogens is 1. The Morgan fingerprint density at radius 1 is 1.10 bits per heavy atom. The van der Waals surface area contributed by atoms with Crippen molar-refractivity contribution in [3.05, 3.63) is 71.6 Å². The lowest BCUT2D eigenvalue weighted by Crippen LogP contribution is -2.39. The van der Waals surface area contributed by atoms with Crippen LogP contribution < -0.4 is 10.1 Å². The van der Waals surface area contributed by atoms with Gasteiger partial charge in [0, 0.05) is 40.3 Å². The molecule has 2 heterocycles. The number of likely N-dealkylation sites (tertiary alicyclic amines) is 1. The van der Waals surface area contributed by atoms with Gasteiger partial charge in [0.05, 0.1) is 0 Å². The Labute approximate surface area is 181 Å². The molecule has 3 aromatic rings. The van der Waals surface area contributed by atoms with Crippen LogP contribution in [0.15, 0.2) is 48.8 Å². The molecule has 1 aliphatic heterocycles. The van der Waals surface area contributed by atoms with Crippen molar-refractivity contribution in [1.29, 1.82) is 0 Å². The summed E-state index contributed by atoms with van der Waals surface area (Å²) in [4.78, 5) is 23.6. The predicted octanol–water partition coefficient (Wildman–Crippen LogP) is 4.24. The van der Waals surface area contributed by atoms with E-state index in [1.165, 1.54) is 30.7 Å². The first-order valence-electron chi connectivity index (χ1n) is 10.4. The normalized spacial score (nSPS) is 13.5. The molecule has 160 valence electrons. The quantitative estimate of drug-likeness (QED) is 0.619. The number of benzene rings is 2. The zero-order valence-electron chi connectivity index (χ0n) is 17.7. The van der Waals surface area contributed by atoms with Gasteiger partial charge in [-0.25, -0.2) is 14.4 Å². The highest BCUT2D eigenvalue weighted by Crippen LogP contribution is 2.35. The van der Waals surface area contributed by atoms with E-state index in [0.717, 1.165) is 47.9 Å². The van der Waals surface area contributed by atoms with Gasteiger partial charge >= 0.3 is 0 Å². The molecule has 7 heteroatoms. The van der Waals surface area contributed by atoms with Crippen LogP contribution in [-0.2, 0) is 0 Å². The molecular weight excluding hydrogens is 395 g/mol. The van der Waals surface area contributed by atoms with Crippen molar-refractivity contribution in [1.82, 2.24) is 14.9 Å². The van der Waals surface area contributed by atoms with Gasteiger partial charge in [-0.1, -0.05) is 0 Å². The summed E-state index contributed by atoms with van der Waals surface area (Å²) in [5.41, 5.74) is 4.38. The molecule has 1 fully saturated rings. The highest BCUT2D eigenvalue weighted by molar-refractivity contribution is 6.04. The number of hydrogen-bond acceptors (Lipinski definition) is 5. The van der Waals surface area contributed by atoms with E-state index in [0.29, 0.717) is 17.9 Å². The molecule has 0 radical (unpaired) electrons. The number of amides is 1. The average molecular weight is 420 g/mol. The smallest absolute Gasteiger partial charge is 0.255 e. The van der Waals surface area contributed by atoms with Crippen LogP contribution in [0.4, 0.5) is 10.1 Å². The number of aryl methyl sites for hydroxylation is 2. The Hall–Kier alpha value is -3.32. The Morgan fingerprint density at radius 3 is 2.45 bits per heavy atom. The summed E-state index contributed by atoms with van der Waals surface area (Å²) in [6.45, 7) is 7.56. The van der Waals surface area contributed by atoms with E-state index in [2.05, 4.69) is 20.2 Å². The number of aromatic nitrogens is 2. The molecule has 1 N–H and O–H groups in total. The minimum absolute atomic E-state index is 0.310. The first-order chi connectivity index (χ1) is 15.0. The number of nitrogens with zero attached hydrogens (tertiary/aromatic N) is 3. The number of ether oxygens (including phenoxy) is 1. The van der Waals surface area contributed by atoms with E-state index in [1.807, 2.05) is 26.0 Å². The largest absolute Gasteiger partial charge is 0.492 e. The summed E-state index contributed by atoms with van der Waals surface area (Å²) in [5, 5.41) is 2.88. The summed E-state index contributed by atoms with van der Waals surface area (Å²) in [7, 11) is 0. The van der Waals surface area contributed by atoms with Crippen LogP contribution >= 0.6 is 0 Å². The zero-order chi connectivity index (χ0) is 21.8. The van der Waals surface area contributed by atoms with Crippen LogP contribution in [0.1, 0.15) is 28.2 Å². The Morgan fingerprint density at radius 2 is 1.81 bits per heavy atom. The summed E-state index contributed by atoms with van der Waals surface area (Å²) < 4.78 is 19.3. The van der Waals surface area contributed by atoms with Crippen molar-refractivity contribution in [2.24, 2.45) is 0 Å². The van der Waals surface area contributed by atoms with Gasteiger partial charge in [0.15, 0.2) is 0 Å². The molecule has 1 saturated heterocycles. The molecule has 1 amide bonds.